The van der Waals surface area contributed by atoms with Crippen LogP contribution >= 0.6 is 11.6 Å². The fourth-order valence-electron chi connectivity index (χ4n) is 2.65. The van der Waals surface area contributed by atoms with Crippen LogP contribution in [-0.2, 0) is 10.3 Å². The molecule has 0 aromatic heterocycles. The summed E-state index contributed by atoms with van der Waals surface area (Å²) in [6.45, 7) is 14.2. The number of aliphatic imine (C=N–C) groups is 1. The molecule has 0 fully saturated rings. The van der Waals surface area contributed by atoms with E-state index in [4.69, 9.17) is 16.1 Å². The molecule has 0 bridgehead atoms. The van der Waals surface area contributed by atoms with E-state index in [1.165, 1.54) is 0 Å². The second-order valence-electron chi connectivity index (χ2n) is 7.55. The Balaban J connectivity index is 2.59. The van der Waals surface area contributed by atoms with E-state index in [0.717, 1.165) is 11.3 Å². The molecule has 0 aliphatic carbocycles. The highest BCUT2D eigenvalue weighted by molar-refractivity contribution is 6.48. The van der Waals surface area contributed by atoms with E-state index in [1.807, 2.05) is 39.1 Å². The minimum atomic E-state index is -1.31. The van der Waals surface area contributed by atoms with Crippen LogP contribution < -0.4 is 5.48 Å². The Bertz CT molecular complexity index is 638. The standard InChI is InChI=1S/C17H26ClN2O2Si/c1-10(2)17(21)13-11(15(19-17)16(3,4)5)8-9-12(14(13)18)20-22-23(6)7/h8-10,20-21H,1-7H3. The van der Waals surface area contributed by atoms with Crippen molar-refractivity contribution in [3.63, 3.8) is 0 Å². The summed E-state index contributed by atoms with van der Waals surface area (Å²) in [4.78, 5) is 4.68. The monoisotopic (exact) mass is 353 g/mol. The number of fused-ring (bicyclic) bond motifs is 1. The third kappa shape index (κ3) is 3.33. The van der Waals surface area contributed by atoms with Gasteiger partial charge in [0.2, 0.25) is 9.04 Å². The molecule has 127 valence electrons. The molecule has 4 nitrogen and oxygen atoms in total. The van der Waals surface area contributed by atoms with E-state index >= 15 is 0 Å². The van der Waals surface area contributed by atoms with Gasteiger partial charge in [-0.15, -0.1) is 0 Å². The van der Waals surface area contributed by atoms with E-state index in [1.54, 1.807) is 0 Å². The summed E-state index contributed by atoms with van der Waals surface area (Å²) in [5.74, 6) is -0.0910. The summed E-state index contributed by atoms with van der Waals surface area (Å²) in [5.41, 5.74) is 4.59. The fourth-order valence-corrected chi connectivity index (χ4v) is 3.30. The number of nitrogens with one attached hydrogen (secondary N) is 1. The van der Waals surface area contributed by atoms with Crippen LogP contribution in [0.5, 0.6) is 0 Å². The maximum absolute atomic E-state index is 11.2. The second kappa shape index (κ2) is 6.20. The van der Waals surface area contributed by atoms with Crippen molar-refractivity contribution in [2.24, 2.45) is 16.3 Å². The Hall–Kier alpha value is -0.883. The summed E-state index contributed by atoms with van der Waals surface area (Å²) < 4.78 is 5.54. The van der Waals surface area contributed by atoms with E-state index in [9.17, 15) is 5.11 Å². The molecule has 1 radical (unpaired) electrons. The molecule has 23 heavy (non-hydrogen) atoms. The van der Waals surface area contributed by atoms with Crippen molar-refractivity contribution >= 4 is 32.0 Å². The molecule has 1 atom stereocenters. The minimum Gasteiger partial charge on any atom is -0.365 e. The molecule has 0 saturated carbocycles. The van der Waals surface area contributed by atoms with Crippen LogP contribution in [0.2, 0.25) is 18.1 Å². The first-order chi connectivity index (χ1) is 10.5. The van der Waals surface area contributed by atoms with Gasteiger partial charge < -0.3 is 9.63 Å². The number of rotatable bonds is 4. The number of benzene rings is 1. The molecule has 1 heterocycles. The molecule has 1 aliphatic heterocycles. The van der Waals surface area contributed by atoms with Gasteiger partial charge in [-0.05, 0) is 19.2 Å². The number of aliphatic hydroxyl groups is 1. The van der Waals surface area contributed by atoms with Crippen molar-refractivity contribution in [3.8, 4) is 0 Å². The van der Waals surface area contributed by atoms with Crippen LogP contribution in [0.1, 0.15) is 45.7 Å². The van der Waals surface area contributed by atoms with Crippen LogP contribution in [0.25, 0.3) is 0 Å². The van der Waals surface area contributed by atoms with Crippen LogP contribution in [0, 0.1) is 11.3 Å². The van der Waals surface area contributed by atoms with Crippen molar-refractivity contribution < 1.29 is 9.63 Å². The third-order valence-corrected chi connectivity index (χ3v) is 4.83. The zero-order chi connectivity index (χ0) is 17.6. The Morgan fingerprint density at radius 2 is 1.91 bits per heavy atom. The molecular weight excluding hydrogens is 328 g/mol. The summed E-state index contributed by atoms with van der Waals surface area (Å²) >= 11 is 6.62. The minimum absolute atomic E-state index is 0.0910. The largest absolute Gasteiger partial charge is 0.365 e. The molecule has 1 aromatic rings. The Labute approximate surface area is 145 Å². The lowest BCUT2D eigenvalue weighted by atomic mass is 9.83. The average Bonchev–Trinajstić information content (AvgIpc) is 2.73. The molecule has 1 aromatic carbocycles. The third-order valence-electron chi connectivity index (χ3n) is 3.93. The van der Waals surface area contributed by atoms with Crippen LogP contribution in [0.3, 0.4) is 0 Å². The number of hydrogen-bond acceptors (Lipinski definition) is 4. The molecule has 0 saturated heterocycles. The molecule has 1 aliphatic rings. The van der Waals surface area contributed by atoms with Gasteiger partial charge in [-0.3, -0.25) is 5.48 Å². The van der Waals surface area contributed by atoms with Crippen molar-refractivity contribution in [2.75, 3.05) is 5.48 Å². The molecule has 2 N–H and O–H groups in total. The van der Waals surface area contributed by atoms with Gasteiger partial charge >= 0.3 is 0 Å². The highest BCUT2D eigenvalue weighted by Crippen LogP contribution is 2.48. The fraction of sp³-hybridized carbons (Fsp3) is 0.588. The van der Waals surface area contributed by atoms with Crippen molar-refractivity contribution in [2.45, 2.75) is 53.4 Å². The zero-order valence-corrected chi connectivity index (χ0v) is 16.7. The lowest BCUT2D eigenvalue weighted by molar-refractivity contribution is 0.00202. The van der Waals surface area contributed by atoms with Gasteiger partial charge in [0, 0.05) is 22.5 Å². The normalized spacial score (nSPS) is 20.9. The van der Waals surface area contributed by atoms with Crippen molar-refractivity contribution in [1.82, 2.24) is 0 Å². The summed E-state index contributed by atoms with van der Waals surface area (Å²) in [5, 5.41) is 11.7. The highest BCUT2D eigenvalue weighted by atomic mass is 35.5. The van der Waals surface area contributed by atoms with Gasteiger partial charge in [0.1, 0.15) is 0 Å². The first-order valence-corrected chi connectivity index (χ1v) is 10.7. The van der Waals surface area contributed by atoms with Crippen molar-refractivity contribution in [1.29, 1.82) is 0 Å². The summed E-state index contributed by atoms with van der Waals surface area (Å²) in [6.07, 6.45) is 0. The summed E-state index contributed by atoms with van der Waals surface area (Å²) in [6, 6.07) is 3.86. The summed E-state index contributed by atoms with van der Waals surface area (Å²) in [7, 11) is -0.901. The first-order valence-electron chi connectivity index (χ1n) is 7.87. The predicted octanol–water partition coefficient (Wildman–Crippen LogP) is 4.58. The van der Waals surface area contributed by atoms with Gasteiger partial charge in [-0.1, -0.05) is 52.3 Å². The molecule has 2 rings (SSSR count). The SMILES string of the molecule is CC(C)C1(O)N=C(C(C)(C)C)c2ccc(NO[Si](C)C)c(Cl)c21. The van der Waals surface area contributed by atoms with E-state index in [2.05, 4.69) is 31.2 Å². The first kappa shape index (κ1) is 18.5. The van der Waals surface area contributed by atoms with Gasteiger partial charge in [0.15, 0.2) is 5.72 Å². The second-order valence-corrected chi connectivity index (χ2v) is 9.95. The molecular formula is C17H26ClN2O2Si. The molecule has 1 unspecified atom stereocenters. The maximum atomic E-state index is 11.2. The van der Waals surface area contributed by atoms with Crippen LogP contribution in [-0.4, -0.2) is 19.9 Å². The Kier molecular flexibility index (Phi) is 4.98. The smallest absolute Gasteiger partial charge is 0.244 e. The predicted molar refractivity (Wildman–Crippen MR) is 98.4 cm³/mol. The van der Waals surface area contributed by atoms with Gasteiger partial charge in [0.05, 0.1) is 16.4 Å². The molecule has 0 spiro atoms. The van der Waals surface area contributed by atoms with E-state index < -0.39 is 14.8 Å². The quantitative estimate of drug-likeness (QED) is 0.615. The zero-order valence-electron chi connectivity index (χ0n) is 14.9. The number of hydrogen-bond donors (Lipinski definition) is 2. The number of anilines is 1. The van der Waals surface area contributed by atoms with Gasteiger partial charge in [-0.2, -0.15) is 0 Å². The topological polar surface area (TPSA) is 53.9 Å². The number of nitrogens with zero attached hydrogens (tertiary/aromatic N) is 1. The van der Waals surface area contributed by atoms with Gasteiger partial charge in [-0.25, -0.2) is 4.99 Å². The van der Waals surface area contributed by atoms with Crippen LogP contribution in [0.15, 0.2) is 17.1 Å². The lowest BCUT2D eigenvalue weighted by Gasteiger charge is -2.27. The van der Waals surface area contributed by atoms with Gasteiger partial charge in [0.25, 0.3) is 0 Å². The van der Waals surface area contributed by atoms with Crippen LogP contribution in [0.4, 0.5) is 5.69 Å². The lowest BCUT2D eigenvalue weighted by Crippen LogP contribution is -2.28. The van der Waals surface area contributed by atoms with E-state index in [-0.39, 0.29) is 11.3 Å². The highest BCUT2D eigenvalue weighted by Gasteiger charge is 2.45. The van der Waals surface area contributed by atoms with E-state index in [0.29, 0.717) is 16.3 Å². The molecule has 0 amide bonds. The molecule has 6 heteroatoms. The average molecular weight is 354 g/mol. The Morgan fingerprint density at radius 3 is 2.39 bits per heavy atom. The van der Waals surface area contributed by atoms with Crippen molar-refractivity contribution in [3.05, 3.63) is 28.3 Å². The Morgan fingerprint density at radius 1 is 1.30 bits per heavy atom. The maximum Gasteiger partial charge on any atom is 0.244 e. The number of halogens is 1.